The minimum absolute atomic E-state index is 0.136. The van der Waals surface area contributed by atoms with Crippen LogP contribution in [0.5, 0.6) is 5.75 Å². The molecule has 0 radical (unpaired) electrons. The number of nitrogens with two attached hydrogens (primary N) is 2. The van der Waals surface area contributed by atoms with E-state index < -0.39 is 0 Å². The van der Waals surface area contributed by atoms with Gasteiger partial charge in [0.25, 0.3) is 0 Å². The molecule has 0 fully saturated rings. The third-order valence-corrected chi connectivity index (χ3v) is 5.37. The summed E-state index contributed by atoms with van der Waals surface area (Å²) in [6, 6.07) is 11.4. The number of aromatic nitrogens is 2. The summed E-state index contributed by atoms with van der Waals surface area (Å²) >= 11 is 5.61. The average molecular weight is 420 g/mol. The summed E-state index contributed by atoms with van der Waals surface area (Å²) < 4.78 is 6.95. The molecule has 2 aromatic heterocycles. The first-order chi connectivity index (χ1) is 14.4. The molecule has 9 heteroatoms. The molecule has 0 unspecified atom stereocenters. The number of fused-ring (bicyclic) bond motifs is 1. The molecule has 4 N–H and O–H groups in total. The molecule has 0 aliphatic heterocycles. The fourth-order valence-corrected chi connectivity index (χ4v) is 3.84. The van der Waals surface area contributed by atoms with E-state index >= 15 is 0 Å². The first kappa shape index (κ1) is 20.9. The molecular weight excluding hydrogens is 398 g/mol. The number of nitrogen functional groups attached to an aromatic ring is 2. The first-order valence-corrected chi connectivity index (χ1v) is 9.71. The number of benzene rings is 1. The van der Waals surface area contributed by atoms with E-state index in [1.807, 2.05) is 18.7 Å². The number of hydrogen-bond acceptors (Lipinski definition) is 8. The van der Waals surface area contributed by atoms with E-state index in [4.69, 9.17) is 28.4 Å². The van der Waals surface area contributed by atoms with E-state index in [1.165, 1.54) is 0 Å². The van der Waals surface area contributed by atoms with Crippen molar-refractivity contribution in [2.75, 3.05) is 36.6 Å². The van der Waals surface area contributed by atoms with Gasteiger partial charge in [-0.05, 0) is 38.1 Å². The van der Waals surface area contributed by atoms with Crippen LogP contribution in [-0.2, 0) is 0 Å². The van der Waals surface area contributed by atoms with Gasteiger partial charge < -0.3 is 21.1 Å². The molecule has 30 heavy (non-hydrogen) atoms. The van der Waals surface area contributed by atoms with Crippen LogP contribution < -0.4 is 21.1 Å². The van der Waals surface area contributed by atoms with Crippen molar-refractivity contribution >= 4 is 40.4 Å². The largest absolute Gasteiger partial charge is 0.497 e. The van der Waals surface area contributed by atoms with Gasteiger partial charge in [-0.25, -0.2) is 4.98 Å². The fourth-order valence-electron chi connectivity index (χ4n) is 3.49. The molecule has 0 saturated heterocycles. The Morgan fingerprint density at radius 1 is 1.07 bits per heavy atom. The molecule has 152 valence electrons. The Balaban J connectivity index is 2.50. The van der Waals surface area contributed by atoms with Crippen LogP contribution in [-0.4, -0.2) is 29.8 Å². The van der Waals surface area contributed by atoms with Crippen LogP contribution in [0, 0.1) is 27.3 Å². The van der Waals surface area contributed by atoms with Gasteiger partial charge in [0.1, 0.15) is 45.5 Å². The Morgan fingerprint density at radius 2 is 1.67 bits per heavy atom. The highest BCUT2D eigenvalue weighted by molar-refractivity contribution is 7.71. The van der Waals surface area contributed by atoms with E-state index in [2.05, 4.69) is 17.1 Å². The summed E-state index contributed by atoms with van der Waals surface area (Å²) in [6.07, 6.45) is 0. The normalized spacial score (nSPS) is 10.4. The lowest BCUT2D eigenvalue weighted by atomic mass is 10.0. The van der Waals surface area contributed by atoms with Crippen molar-refractivity contribution < 1.29 is 4.74 Å². The Bertz CT molecular complexity index is 1260. The van der Waals surface area contributed by atoms with Gasteiger partial charge in [0.05, 0.1) is 18.1 Å². The smallest absolute Gasteiger partial charge is 0.149 e. The molecule has 0 aliphatic rings. The van der Waals surface area contributed by atoms with Crippen molar-refractivity contribution in [1.82, 2.24) is 9.55 Å². The summed E-state index contributed by atoms with van der Waals surface area (Å²) in [4.78, 5) is 6.37. The number of pyridine rings is 2. The number of anilines is 3. The standard InChI is InChI=1S/C21H21N7OS/c1-4-27(5-2)20-14(10-22)16-15(11-23)21(30)28(19(25)17(16)18(24)26-20)12-6-8-13(29-3)9-7-12/h6-9H,4-5,25H2,1-3H3,(H2,24,26). The van der Waals surface area contributed by atoms with Gasteiger partial charge in [-0.15, -0.1) is 0 Å². The second-order valence-corrected chi connectivity index (χ2v) is 6.83. The molecule has 0 atom stereocenters. The molecule has 8 nitrogen and oxygen atoms in total. The highest BCUT2D eigenvalue weighted by Gasteiger charge is 2.24. The third-order valence-electron chi connectivity index (χ3n) is 4.99. The summed E-state index contributed by atoms with van der Waals surface area (Å²) in [6.45, 7) is 5.15. The molecule has 0 spiro atoms. The van der Waals surface area contributed by atoms with Gasteiger partial charge in [-0.2, -0.15) is 10.5 Å². The number of nitriles is 2. The maximum Gasteiger partial charge on any atom is 0.149 e. The summed E-state index contributed by atoms with van der Waals surface area (Å²) in [5.74, 6) is 1.44. The Hall–Kier alpha value is -3.82. The number of methoxy groups -OCH3 is 1. The monoisotopic (exact) mass is 419 g/mol. The Morgan fingerprint density at radius 3 is 2.17 bits per heavy atom. The molecule has 2 heterocycles. The van der Waals surface area contributed by atoms with Crippen molar-refractivity contribution in [2.24, 2.45) is 0 Å². The molecule has 0 saturated carbocycles. The SMILES string of the molecule is CCN(CC)c1nc(N)c2c(N)n(-c3ccc(OC)cc3)c(=S)c(C#N)c2c1C#N. The number of ether oxygens (including phenoxy) is 1. The zero-order valence-corrected chi connectivity index (χ0v) is 17.7. The minimum atomic E-state index is 0.136. The van der Waals surface area contributed by atoms with Crippen molar-refractivity contribution in [3.63, 3.8) is 0 Å². The highest BCUT2D eigenvalue weighted by Crippen LogP contribution is 2.37. The minimum Gasteiger partial charge on any atom is -0.497 e. The zero-order valence-electron chi connectivity index (χ0n) is 16.9. The van der Waals surface area contributed by atoms with Crippen molar-refractivity contribution in [2.45, 2.75) is 13.8 Å². The van der Waals surface area contributed by atoms with Gasteiger partial charge in [0, 0.05) is 24.2 Å². The number of nitrogens with zero attached hydrogens (tertiary/aromatic N) is 5. The summed E-state index contributed by atoms with van der Waals surface area (Å²) in [5.41, 5.74) is 13.8. The van der Waals surface area contributed by atoms with E-state index in [9.17, 15) is 10.5 Å². The first-order valence-electron chi connectivity index (χ1n) is 9.30. The van der Waals surface area contributed by atoms with E-state index in [-0.39, 0.29) is 27.4 Å². The van der Waals surface area contributed by atoms with E-state index in [0.717, 1.165) is 0 Å². The van der Waals surface area contributed by atoms with Crippen LogP contribution in [0.4, 0.5) is 17.5 Å². The third kappa shape index (κ3) is 3.15. The van der Waals surface area contributed by atoms with Gasteiger partial charge in [-0.3, -0.25) is 4.57 Å². The van der Waals surface area contributed by atoms with E-state index in [0.29, 0.717) is 41.1 Å². The molecular formula is C21H21N7OS. The molecule has 0 amide bonds. The lowest BCUT2D eigenvalue weighted by Gasteiger charge is -2.24. The maximum absolute atomic E-state index is 9.94. The van der Waals surface area contributed by atoms with Gasteiger partial charge in [0.2, 0.25) is 0 Å². The highest BCUT2D eigenvalue weighted by atomic mass is 32.1. The molecule has 0 aliphatic carbocycles. The van der Waals surface area contributed by atoms with Gasteiger partial charge in [-0.1, -0.05) is 12.2 Å². The zero-order chi connectivity index (χ0) is 22.0. The predicted molar refractivity (Wildman–Crippen MR) is 120 cm³/mol. The maximum atomic E-state index is 9.94. The fraction of sp³-hybridized carbons (Fsp3) is 0.238. The van der Waals surface area contributed by atoms with Crippen LogP contribution in [0.25, 0.3) is 16.5 Å². The second-order valence-electron chi connectivity index (χ2n) is 6.44. The average Bonchev–Trinajstić information content (AvgIpc) is 2.75. The van der Waals surface area contributed by atoms with Crippen LogP contribution in [0.2, 0.25) is 0 Å². The van der Waals surface area contributed by atoms with Crippen molar-refractivity contribution in [3.05, 3.63) is 40.0 Å². The van der Waals surface area contributed by atoms with Gasteiger partial charge >= 0.3 is 0 Å². The lowest BCUT2D eigenvalue weighted by Crippen LogP contribution is -2.25. The van der Waals surface area contributed by atoms with Gasteiger partial charge in [0.15, 0.2) is 0 Å². The Kier molecular flexibility index (Phi) is 5.77. The van der Waals surface area contributed by atoms with Crippen LogP contribution >= 0.6 is 12.2 Å². The van der Waals surface area contributed by atoms with Crippen LogP contribution in [0.15, 0.2) is 24.3 Å². The molecule has 0 bridgehead atoms. The van der Waals surface area contributed by atoms with Crippen LogP contribution in [0.3, 0.4) is 0 Å². The molecule has 3 aromatic rings. The molecule has 1 aromatic carbocycles. The lowest BCUT2D eigenvalue weighted by molar-refractivity contribution is 0.415. The number of hydrogen-bond donors (Lipinski definition) is 2. The summed E-state index contributed by atoms with van der Waals surface area (Å²) in [5, 5.41) is 20.5. The topological polar surface area (TPSA) is 130 Å². The second kappa shape index (κ2) is 8.27. The van der Waals surface area contributed by atoms with Crippen molar-refractivity contribution in [1.29, 1.82) is 10.5 Å². The predicted octanol–water partition coefficient (Wildman–Crippen LogP) is 3.52. The van der Waals surface area contributed by atoms with Crippen molar-refractivity contribution in [3.8, 4) is 23.6 Å². The van der Waals surface area contributed by atoms with E-state index in [1.54, 1.807) is 35.9 Å². The Labute approximate surface area is 179 Å². The number of rotatable bonds is 5. The quantitative estimate of drug-likeness (QED) is 0.601. The molecule has 3 rings (SSSR count). The summed E-state index contributed by atoms with van der Waals surface area (Å²) in [7, 11) is 1.57. The van der Waals surface area contributed by atoms with Crippen LogP contribution in [0.1, 0.15) is 25.0 Å².